The maximum atomic E-state index is 12.9. The molecule has 31 heavy (non-hydrogen) atoms. The number of rotatable bonds is 6. The molecular weight excluding hydrogens is 424 g/mol. The highest BCUT2D eigenvalue weighted by atomic mass is 32.2. The van der Waals surface area contributed by atoms with Crippen molar-refractivity contribution < 1.29 is 22.7 Å². The Hall–Kier alpha value is -2.73. The van der Waals surface area contributed by atoms with Gasteiger partial charge in [-0.3, -0.25) is 4.79 Å². The number of hydrogen-bond donors (Lipinski definition) is 0. The van der Waals surface area contributed by atoms with Gasteiger partial charge in [0.1, 0.15) is 12.3 Å². The van der Waals surface area contributed by atoms with Crippen LogP contribution in [-0.4, -0.2) is 91.2 Å². The second kappa shape index (κ2) is 9.18. The fraction of sp³-hybridized carbons (Fsp3) is 0.579. The van der Waals surface area contributed by atoms with Crippen LogP contribution in [0.2, 0.25) is 0 Å². The number of likely N-dealkylation sites (tertiary alicyclic amines) is 1. The third-order valence-electron chi connectivity index (χ3n) is 5.63. The number of carbonyl (C=O) groups excluding carboxylic acids is 1. The first-order valence-electron chi connectivity index (χ1n) is 10.2. The lowest BCUT2D eigenvalue weighted by Crippen LogP contribution is -2.44. The smallest absolute Gasteiger partial charge is 0.266 e. The Labute approximate surface area is 180 Å². The summed E-state index contributed by atoms with van der Waals surface area (Å²) in [6.45, 7) is 3.34. The molecule has 0 spiro atoms. The molecular formula is C19H26N6O5S. The Balaban J connectivity index is 1.32. The van der Waals surface area contributed by atoms with Crippen molar-refractivity contribution in [1.82, 2.24) is 25.1 Å². The number of aromatic nitrogens is 4. The number of anilines is 1. The molecule has 1 amide bonds. The van der Waals surface area contributed by atoms with Crippen LogP contribution in [-0.2, 0) is 25.9 Å². The second-order valence-electron chi connectivity index (χ2n) is 7.52. The molecule has 12 heteroatoms. The predicted molar refractivity (Wildman–Crippen MR) is 111 cm³/mol. The fourth-order valence-corrected chi connectivity index (χ4v) is 5.52. The number of carbonyl (C=O) groups is 1. The molecule has 0 saturated carbocycles. The van der Waals surface area contributed by atoms with Crippen molar-refractivity contribution >= 4 is 21.7 Å². The van der Waals surface area contributed by atoms with E-state index in [0.29, 0.717) is 63.9 Å². The van der Waals surface area contributed by atoms with E-state index in [-0.39, 0.29) is 17.3 Å². The van der Waals surface area contributed by atoms with Crippen LogP contribution in [0.3, 0.4) is 0 Å². The van der Waals surface area contributed by atoms with Crippen LogP contribution in [0.1, 0.15) is 12.8 Å². The Morgan fingerprint density at radius 2 is 1.81 bits per heavy atom. The monoisotopic (exact) mass is 450 g/mol. The SMILES string of the molecule is COc1ccc(S(=O)(=O)C2CCN(C(=O)Cn3nnc(N4CCOCC4)n3)CC2)cc1. The van der Waals surface area contributed by atoms with Crippen LogP contribution in [0.25, 0.3) is 0 Å². The van der Waals surface area contributed by atoms with Crippen LogP contribution in [0, 0.1) is 0 Å². The maximum Gasteiger partial charge on any atom is 0.266 e. The zero-order chi connectivity index (χ0) is 21.8. The molecule has 2 aliphatic heterocycles. The molecule has 0 bridgehead atoms. The van der Waals surface area contributed by atoms with Crippen molar-refractivity contribution in [3.05, 3.63) is 24.3 Å². The normalized spacial score (nSPS) is 18.2. The first-order chi connectivity index (χ1) is 15.0. The van der Waals surface area contributed by atoms with Crippen LogP contribution in [0.15, 0.2) is 29.2 Å². The molecule has 0 aliphatic carbocycles. The third-order valence-corrected chi connectivity index (χ3v) is 7.91. The van der Waals surface area contributed by atoms with E-state index < -0.39 is 15.1 Å². The van der Waals surface area contributed by atoms with E-state index in [4.69, 9.17) is 9.47 Å². The second-order valence-corrected chi connectivity index (χ2v) is 9.75. The van der Waals surface area contributed by atoms with Gasteiger partial charge in [-0.1, -0.05) is 5.10 Å². The molecule has 1 aromatic heterocycles. The number of morpholine rings is 1. The molecule has 168 valence electrons. The molecule has 3 heterocycles. The molecule has 2 fully saturated rings. The van der Waals surface area contributed by atoms with Crippen molar-refractivity contribution in [2.24, 2.45) is 0 Å². The van der Waals surface area contributed by atoms with Crippen LogP contribution in [0.5, 0.6) is 5.75 Å². The summed E-state index contributed by atoms with van der Waals surface area (Å²) in [6, 6.07) is 6.41. The number of nitrogens with zero attached hydrogens (tertiary/aromatic N) is 6. The first-order valence-corrected chi connectivity index (χ1v) is 11.8. The highest BCUT2D eigenvalue weighted by Crippen LogP contribution is 2.26. The zero-order valence-electron chi connectivity index (χ0n) is 17.4. The predicted octanol–water partition coefficient (Wildman–Crippen LogP) is -0.0168. The summed E-state index contributed by atoms with van der Waals surface area (Å²) in [4.78, 5) is 17.8. The highest BCUT2D eigenvalue weighted by Gasteiger charge is 2.33. The van der Waals surface area contributed by atoms with Gasteiger partial charge in [-0.05, 0) is 42.3 Å². The van der Waals surface area contributed by atoms with Crippen molar-refractivity contribution in [3.8, 4) is 5.75 Å². The number of piperidine rings is 1. The van der Waals surface area contributed by atoms with Gasteiger partial charge in [-0.2, -0.15) is 4.80 Å². The molecule has 2 aliphatic rings. The summed E-state index contributed by atoms with van der Waals surface area (Å²) in [5.41, 5.74) is 0. The largest absolute Gasteiger partial charge is 0.497 e. The minimum absolute atomic E-state index is 0.0206. The minimum Gasteiger partial charge on any atom is -0.497 e. The molecule has 1 aromatic carbocycles. The summed E-state index contributed by atoms with van der Waals surface area (Å²) in [5, 5.41) is 11.8. The third kappa shape index (κ3) is 4.79. The summed E-state index contributed by atoms with van der Waals surface area (Å²) in [6.07, 6.45) is 0.786. The lowest BCUT2D eigenvalue weighted by Gasteiger charge is -2.31. The molecule has 0 unspecified atom stereocenters. The summed E-state index contributed by atoms with van der Waals surface area (Å²) in [7, 11) is -1.92. The molecule has 2 aromatic rings. The van der Waals surface area contributed by atoms with Crippen LogP contribution >= 0.6 is 0 Å². The van der Waals surface area contributed by atoms with Crippen LogP contribution < -0.4 is 9.64 Å². The summed E-state index contributed by atoms with van der Waals surface area (Å²) >= 11 is 0. The van der Waals surface area contributed by atoms with E-state index in [2.05, 4.69) is 15.4 Å². The first kappa shape index (κ1) is 21.5. The molecule has 0 atom stereocenters. The van der Waals surface area contributed by atoms with E-state index in [1.165, 1.54) is 11.9 Å². The zero-order valence-corrected chi connectivity index (χ0v) is 18.2. The number of sulfone groups is 1. The van der Waals surface area contributed by atoms with E-state index in [1.54, 1.807) is 29.2 Å². The summed E-state index contributed by atoms with van der Waals surface area (Å²) in [5.74, 6) is 0.949. The fourth-order valence-electron chi connectivity index (χ4n) is 3.79. The van der Waals surface area contributed by atoms with Gasteiger partial charge in [0.15, 0.2) is 9.84 Å². The summed E-state index contributed by atoms with van der Waals surface area (Å²) < 4.78 is 36.2. The van der Waals surface area contributed by atoms with Gasteiger partial charge < -0.3 is 19.3 Å². The lowest BCUT2D eigenvalue weighted by atomic mass is 10.1. The molecule has 4 rings (SSSR count). The van der Waals surface area contributed by atoms with Gasteiger partial charge in [0.2, 0.25) is 5.91 Å². The quantitative estimate of drug-likeness (QED) is 0.598. The van der Waals surface area contributed by atoms with Gasteiger partial charge >= 0.3 is 0 Å². The van der Waals surface area contributed by atoms with Crippen molar-refractivity contribution in [3.63, 3.8) is 0 Å². The van der Waals surface area contributed by atoms with Gasteiger partial charge in [-0.15, -0.1) is 5.10 Å². The number of amides is 1. The van der Waals surface area contributed by atoms with E-state index in [9.17, 15) is 13.2 Å². The molecule has 0 N–H and O–H groups in total. The van der Waals surface area contributed by atoms with Crippen molar-refractivity contribution in [2.45, 2.75) is 29.5 Å². The minimum atomic E-state index is -3.45. The van der Waals surface area contributed by atoms with Gasteiger partial charge in [0, 0.05) is 26.2 Å². The molecule has 0 radical (unpaired) electrons. The maximum absolute atomic E-state index is 12.9. The lowest BCUT2D eigenvalue weighted by molar-refractivity contribution is -0.133. The van der Waals surface area contributed by atoms with Crippen LogP contribution in [0.4, 0.5) is 5.95 Å². The molecule has 2 saturated heterocycles. The van der Waals surface area contributed by atoms with Gasteiger partial charge in [0.25, 0.3) is 5.95 Å². The topological polar surface area (TPSA) is 120 Å². The molecule has 11 nitrogen and oxygen atoms in total. The number of benzene rings is 1. The van der Waals surface area contributed by atoms with E-state index in [1.807, 2.05) is 4.90 Å². The van der Waals surface area contributed by atoms with E-state index >= 15 is 0 Å². The number of ether oxygens (including phenoxy) is 2. The van der Waals surface area contributed by atoms with Crippen molar-refractivity contribution in [1.29, 1.82) is 0 Å². The number of hydrogen-bond acceptors (Lipinski definition) is 9. The Morgan fingerprint density at radius 3 is 2.45 bits per heavy atom. The van der Waals surface area contributed by atoms with Gasteiger partial charge in [-0.25, -0.2) is 8.42 Å². The Kier molecular flexibility index (Phi) is 6.37. The van der Waals surface area contributed by atoms with Gasteiger partial charge in [0.05, 0.1) is 30.5 Å². The Bertz CT molecular complexity index is 995. The van der Waals surface area contributed by atoms with E-state index in [0.717, 1.165) is 0 Å². The van der Waals surface area contributed by atoms with Crippen molar-refractivity contribution in [2.75, 3.05) is 51.4 Å². The average Bonchev–Trinajstić information content (AvgIpc) is 3.28. The number of methoxy groups -OCH3 is 1. The number of tetrazole rings is 1. The highest BCUT2D eigenvalue weighted by molar-refractivity contribution is 7.92. The standard InChI is InChI=1S/C19H26N6O5S/c1-29-15-2-4-16(5-3-15)31(27,28)17-6-8-23(9-7-17)18(26)14-25-21-19(20-22-25)24-10-12-30-13-11-24/h2-5,17H,6-14H2,1H3. The Morgan fingerprint density at radius 1 is 1.13 bits per heavy atom. The average molecular weight is 451 g/mol.